The van der Waals surface area contributed by atoms with Crippen molar-refractivity contribution in [1.82, 2.24) is 0 Å². The molecule has 0 aliphatic heterocycles. The number of carbonyl (C=O) groups excluding carboxylic acids is 2. The first-order chi connectivity index (χ1) is 14.6. The molecule has 0 bridgehead atoms. The Balaban J connectivity index is 3.31. The minimum Gasteiger partial charge on any atom is -0.466 e. The fraction of sp³-hybridized carbons (Fsp3) is 0.923. The maximum Gasteiger partial charge on any atom is 0.305 e. The number of ether oxygens (including phenoxy) is 2. The summed E-state index contributed by atoms with van der Waals surface area (Å²) in [5.41, 5.74) is 0. The summed E-state index contributed by atoms with van der Waals surface area (Å²) in [6, 6.07) is 0. The molecule has 0 fully saturated rings. The first-order valence-corrected chi connectivity index (χ1v) is 12.9. The summed E-state index contributed by atoms with van der Waals surface area (Å²) in [5, 5.41) is 0. The van der Waals surface area contributed by atoms with E-state index in [0.29, 0.717) is 38.9 Å². The average Bonchev–Trinajstić information content (AvgIpc) is 2.71. The lowest BCUT2D eigenvalue weighted by Gasteiger charge is -2.07. The van der Waals surface area contributed by atoms with Gasteiger partial charge in [-0.15, -0.1) is 0 Å². The van der Waals surface area contributed by atoms with Gasteiger partial charge in [0.15, 0.2) is 0 Å². The molecule has 0 aromatic carbocycles. The van der Waals surface area contributed by atoms with Crippen molar-refractivity contribution >= 4 is 11.9 Å². The normalized spacial score (nSPS) is 11.1. The van der Waals surface area contributed by atoms with Crippen LogP contribution in [0.25, 0.3) is 0 Å². The molecule has 0 radical (unpaired) electrons. The molecule has 0 rings (SSSR count). The number of unbranched alkanes of at least 4 members (excludes halogenated alkanes) is 12. The number of hydrogen-bond donors (Lipinski definition) is 0. The fourth-order valence-electron chi connectivity index (χ4n) is 3.48. The predicted octanol–water partition coefficient (Wildman–Crippen LogP) is 7.77. The van der Waals surface area contributed by atoms with Crippen LogP contribution >= 0.6 is 0 Å². The molecule has 0 aromatic rings. The van der Waals surface area contributed by atoms with Gasteiger partial charge >= 0.3 is 11.9 Å². The Morgan fingerprint density at radius 2 is 0.967 bits per heavy atom. The van der Waals surface area contributed by atoms with Crippen LogP contribution in [0.2, 0.25) is 0 Å². The molecule has 4 heteroatoms. The zero-order valence-corrected chi connectivity index (χ0v) is 20.4. The first-order valence-electron chi connectivity index (χ1n) is 12.9. The largest absolute Gasteiger partial charge is 0.466 e. The van der Waals surface area contributed by atoms with Crippen LogP contribution in [0.3, 0.4) is 0 Å². The second kappa shape index (κ2) is 22.6. The van der Waals surface area contributed by atoms with E-state index in [4.69, 9.17) is 9.47 Å². The van der Waals surface area contributed by atoms with Crippen LogP contribution < -0.4 is 0 Å². The molecule has 0 heterocycles. The molecule has 0 aliphatic rings. The molecular formula is C26H50O4. The zero-order chi connectivity index (χ0) is 22.3. The Hall–Kier alpha value is -1.06. The molecule has 4 nitrogen and oxygen atoms in total. The van der Waals surface area contributed by atoms with Crippen molar-refractivity contribution in [3.63, 3.8) is 0 Å². The van der Waals surface area contributed by atoms with Gasteiger partial charge in [0.25, 0.3) is 0 Å². The van der Waals surface area contributed by atoms with Gasteiger partial charge in [-0.3, -0.25) is 9.59 Å². The number of hydrogen-bond acceptors (Lipinski definition) is 4. The lowest BCUT2D eigenvalue weighted by molar-refractivity contribution is -0.146. The Bertz CT molecular complexity index is 392. The van der Waals surface area contributed by atoms with Crippen molar-refractivity contribution in [2.45, 2.75) is 136 Å². The molecule has 30 heavy (non-hydrogen) atoms. The van der Waals surface area contributed by atoms with Crippen LogP contribution in [0.4, 0.5) is 0 Å². The molecule has 178 valence electrons. The van der Waals surface area contributed by atoms with Crippen molar-refractivity contribution in [2.24, 2.45) is 5.92 Å². The van der Waals surface area contributed by atoms with E-state index in [-0.39, 0.29) is 11.9 Å². The molecule has 0 aromatic heterocycles. The minimum atomic E-state index is -0.139. The summed E-state index contributed by atoms with van der Waals surface area (Å²) in [6.45, 7) is 7.81. The predicted molar refractivity (Wildman–Crippen MR) is 126 cm³/mol. The average molecular weight is 427 g/mol. The lowest BCUT2D eigenvalue weighted by atomic mass is 10.0. The number of rotatable bonds is 22. The van der Waals surface area contributed by atoms with Crippen LogP contribution in [0.15, 0.2) is 0 Å². The summed E-state index contributed by atoms with van der Waals surface area (Å²) in [6.07, 6.45) is 19.4. The Labute approximate surface area is 186 Å². The molecule has 0 spiro atoms. The van der Waals surface area contributed by atoms with Gasteiger partial charge in [-0.2, -0.15) is 0 Å². The minimum absolute atomic E-state index is 0.135. The molecule has 0 saturated carbocycles. The molecule has 0 N–H and O–H groups in total. The highest BCUT2D eigenvalue weighted by Crippen LogP contribution is 2.11. The smallest absolute Gasteiger partial charge is 0.305 e. The topological polar surface area (TPSA) is 52.6 Å². The maximum absolute atomic E-state index is 11.7. The summed E-state index contributed by atoms with van der Waals surface area (Å²) in [4.78, 5) is 23.4. The van der Waals surface area contributed by atoms with Gasteiger partial charge in [-0.25, -0.2) is 0 Å². The summed E-state index contributed by atoms with van der Waals surface area (Å²) in [7, 11) is 0. The van der Waals surface area contributed by atoms with Gasteiger partial charge < -0.3 is 9.47 Å². The van der Waals surface area contributed by atoms with E-state index in [0.717, 1.165) is 31.6 Å². The molecule has 0 saturated heterocycles. The van der Waals surface area contributed by atoms with Crippen molar-refractivity contribution < 1.29 is 19.1 Å². The highest BCUT2D eigenvalue weighted by molar-refractivity contribution is 5.70. The Kier molecular flexibility index (Phi) is 21.8. The molecular weight excluding hydrogens is 376 g/mol. The number of carbonyl (C=O) groups is 2. The molecule has 0 unspecified atom stereocenters. The Morgan fingerprint density at radius 1 is 0.567 bits per heavy atom. The summed E-state index contributed by atoms with van der Waals surface area (Å²) < 4.78 is 10.5. The Morgan fingerprint density at radius 3 is 1.40 bits per heavy atom. The molecule has 0 aliphatic carbocycles. The quantitative estimate of drug-likeness (QED) is 0.131. The highest BCUT2D eigenvalue weighted by atomic mass is 16.5. The monoisotopic (exact) mass is 426 g/mol. The van der Waals surface area contributed by atoms with Crippen LogP contribution in [0.5, 0.6) is 0 Å². The van der Waals surface area contributed by atoms with Crippen molar-refractivity contribution in [3.05, 3.63) is 0 Å². The van der Waals surface area contributed by atoms with Gasteiger partial charge in [-0.05, 0) is 31.6 Å². The fourth-order valence-corrected chi connectivity index (χ4v) is 3.48. The van der Waals surface area contributed by atoms with E-state index >= 15 is 0 Å². The third-order valence-electron chi connectivity index (χ3n) is 5.46. The summed E-state index contributed by atoms with van der Waals surface area (Å²) >= 11 is 0. The van der Waals surface area contributed by atoms with Crippen LogP contribution in [-0.4, -0.2) is 25.2 Å². The SMILES string of the molecule is CCCCCCCCCCCOC(=O)CCCCC(=O)OCCCCCCC(C)C. The van der Waals surface area contributed by atoms with Crippen LogP contribution in [-0.2, 0) is 19.1 Å². The van der Waals surface area contributed by atoms with E-state index < -0.39 is 0 Å². The van der Waals surface area contributed by atoms with E-state index in [1.807, 2.05) is 0 Å². The second-order valence-corrected chi connectivity index (χ2v) is 9.07. The van der Waals surface area contributed by atoms with Gasteiger partial charge in [0.05, 0.1) is 13.2 Å². The van der Waals surface area contributed by atoms with Crippen molar-refractivity contribution in [2.75, 3.05) is 13.2 Å². The third-order valence-corrected chi connectivity index (χ3v) is 5.46. The molecule has 0 atom stereocenters. The number of esters is 2. The van der Waals surface area contributed by atoms with Crippen molar-refractivity contribution in [1.29, 1.82) is 0 Å². The zero-order valence-electron chi connectivity index (χ0n) is 20.4. The van der Waals surface area contributed by atoms with E-state index in [1.54, 1.807) is 0 Å². The van der Waals surface area contributed by atoms with Gasteiger partial charge in [-0.1, -0.05) is 97.8 Å². The van der Waals surface area contributed by atoms with E-state index in [2.05, 4.69) is 20.8 Å². The van der Waals surface area contributed by atoms with Crippen LogP contribution in [0.1, 0.15) is 136 Å². The van der Waals surface area contributed by atoms with E-state index in [9.17, 15) is 9.59 Å². The van der Waals surface area contributed by atoms with E-state index in [1.165, 1.54) is 64.2 Å². The third kappa shape index (κ3) is 23.2. The first kappa shape index (κ1) is 28.9. The van der Waals surface area contributed by atoms with Gasteiger partial charge in [0.2, 0.25) is 0 Å². The maximum atomic E-state index is 11.7. The second-order valence-electron chi connectivity index (χ2n) is 9.07. The van der Waals surface area contributed by atoms with Gasteiger partial charge in [0.1, 0.15) is 0 Å². The highest BCUT2D eigenvalue weighted by Gasteiger charge is 2.06. The van der Waals surface area contributed by atoms with Gasteiger partial charge in [0, 0.05) is 12.8 Å². The standard InChI is InChI=1S/C26H50O4/c1-4-5-6-7-8-9-10-12-17-22-29-25(27)20-15-16-21-26(28)30-23-18-13-11-14-19-24(2)3/h24H,4-23H2,1-3H3. The summed E-state index contributed by atoms with van der Waals surface area (Å²) in [5.74, 6) is 0.500. The molecule has 0 amide bonds. The van der Waals surface area contributed by atoms with Crippen LogP contribution in [0, 0.1) is 5.92 Å². The van der Waals surface area contributed by atoms with Crippen molar-refractivity contribution in [3.8, 4) is 0 Å². The lowest BCUT2D eigenvalue weighted by Crippen LogP contribution is -2.08.